The summed E-state index contributed by atoms with van der Waals surface area (Å²) in [6.07, 6.45) is 0.994. The monoisotopic (exact) mass is 316 g/mol. The van der Waals surface area contributed by atoms with Crippen LogP contribution in [-0.4, -0.2) is 34.7 Å². The third-order valence-electron chi connectivity index (χ3n) is 4.14. The van der Waals surface area contributed by atoms with Gasteiger partial charge in [0.2, 0.25) is 5.91 Å². The molecule has 116 valence electrons. The van der Waals surface area contributed by atoms with E-state index in [1.165, 1.54) is 11.8 Å². The van der Waals surface area contributed by atoms with Crippen LogP contribution < -0.4 is 4.90 Å². The first-order valence-corrected chi connectivity index (χ1v) is 8.36. The van der Waals surface area contributed by atoms with Crippen LogP contribution in [0.1, 0.15) is 26.7 Å². The molecule has 2 amide bonds. The van der Waals surface area contributed by atoms with Crippen LogP contribution in [0.15, 0.2) is 41.3 Å². The van der Waals surface area contributed by atoms with Gasteiger partial charge in [-0.05, 0) is 32.4 Å². The Bertz CT molecular complexity index is 658. The van der Waals surface area contributed by atoms with Crippen molar-refractivity contribution < 1.29 is 9.59 Å². The van der Waals surface area contributed by atoms with Crippen molar-refractivity contribution in [2.75, 3.05) is 18.0 Å². The number of hydrogen-bond donors (Lipinski definition) is 0. The van der Waals surface area contributed by atoms with Gasteiger partial charge in [-0.1, -0.05) is 36.0 Å². The van der Waals surface area contributed by atoms with Crippen molar-refractivity contribution in [3.8, 4) is 0 Å². The molecule has 4 nitrogen and oxygen atoms in total. The number of nitrogens with zero attached hydrogens (tertiary/aromatic N) is 2. The van der Waals surface area contributed by atoms with Crippen LogP contribution >= 0.6 is 11.8 Å². The first-order chi connectivity index (χ1) is 10.5. The van der Waals surface area contributed by atoms with Crippen molar-refractivity contribution in [2.45, 2.75) is 36.5 Å². The molecule has 1 aromatic carbocycles. The zero-order chi connectivity index (χ0) is 15.9. The number of fused-ring (bicyclic) bond motifs is 3. The van der Waals surface area contributed by atoms with Crippen LogP contribution in [0.4, 0.5) is 5.69 Å². The Morgan fingerprint density at radius 1 is 1.45 bits per heavy atom. The Balaban J connectivity index is 2.00. The van der Waals surface area contributed by atoms with Crippen LogP contribution in [0.3, 0.4) is 0 Å². The Hall–Kier alpha value is -1.75. The molecule has 2 aliphatic heterocycles. The van der Waals surface area contributed by atoms with Crippen molar-refractivity contribution in [1.29, 1.82) is 0 Å². The van der Waals surface area contributed by atoms with Crippen molar-refractivity contribution >= 4 is 29.3 Å². The van der Waals surface area contributed by atoms with E-state index in [2.05, 4.69) is 6.58 Å². The molecule has 0 aliphatic carbocycles. The highest BCUT2D eigenvalue weighted by molar-refractivity contribution is 8.02. The zero-order valence-corrected chi connectivity index (χ0v) is 13.8. The number of likely N-dealkylation sites (N-methyl/N-ethyl adjacent to an activating group) is 1. The molecule has 2 aliphatic rings. The Morgan fingerprint density at radius 3 is 2.86 bits per heavy atom. The third-order valence-corrected chi connectivity index (χ3v) is 5.60. The standard InChI is InChI=1S/C17H20N2O2S/c1-4-18(11-12(2)3)16(21)17-10-9-15(20)19(17)13-7-5-6-8-14(13)22-17/h5-8H,2,4,9-11H2,1,3H3. The number of benzene rings is 1. The minimum Gasteiger partial charge on any atom is -0.336 e. The number of amides is 2. The highest BCUT2D eigenvalue weighted by Crippen LogP contribution is 2.56. The molecule has 0 bridgehead atoms. The summed E-state index contributed by atoms with van der Waals surface area (Å²) in [4.78, 5) is 29.3. The molecule has 0 radical (unpaired) electrons. The van der Waals surface area contributed by atoms with Crippen LogP contribution in [0.25, 0.3) is 0 Å². The number of para-hydroxylation sites is 1. The molecular formula is C17H20N2O2S. The summed E-state index contributed by atoms with van der Waals surface area (Å²) < 4.78 is 0. The lowest BCUT2D eigenvalue weighted by molar-refractivity contribution is -0.133. The second-order valence-electron chi connectivity index (χ2n) is 5.86. The zero-order valence-electron chi connectivity index (χ0n) is 13.0. The minimum atomic E-state index is -0.799. The summed E-state index contributed by atoms with van der Waals surface area (Å²) in [5, 5.41) is 0. The maximum Gasteiger partial charge on any atom is 0.260 e. The summed E-state index contributed by atoms with van der Waals surface area (Å²) in [6.45, 7) is 8.95. The fourth-order valence-corrected chi connectivity index (χ4v) is 4.67. The van der Waals surface area contributed by atoms with Gasteiger partial charge in [0.25, 0.3) is 5.91 Å². The Morgan fingerprint density at radius 2 is 2.18 bits per heavy atom. The smallest absolute Gasteiger partial charge is 0.260 e. The highest BCUT2D eigenvalue weighted by Gasteiger charge is 2.58. The van der Waals surface area contributed by atoms with Crippen LogP contribution in [-0.2, 0) is 9.59 Å². The van der Waals surface area contributed by atoms with Gasteiger partial charge in [-0.3, -0.25) is 14.5 Å². The largest absolute Gasteiger partial charge is 0.336 e. The molecule has 0 N–H and O–H groups in total. The SMILES string of the molecule is C=C(C)CN(CC)C(=O)C12CCC(=O)N1c1ccccc1S2. The quantitative estimate of drug-likeness (QED) is 0.802. The van der Waals surface area contributed by atoms with Gasteiger partial charge < -0.3 is 4.90 Å². The molecule has 5 heteroatoms. The van der Waals surface area contributed by atoms with Crippen molar-refractivity contribution in [3.05, 3.63) is 36.4 Å². The van der Waals surface area contributed by atoms with E-state index >= 15 is 0 Å². The molecule has 22 heavy (non-hydrogen) atoms. The van der Waals surface area contributed by atoms with E-state index < -0.39 is 4.87 Å². The van der Waals surface area contributed by atoms with E-state index in [1.54, 1.807) is 9.80 Å². The molecule has 3 rings (SSSR count). The predicted octanol–water partition coefficient (Wildman–Crippen LogP) is 3.04. The van der Waals surface area contributed by atoms with E-state index in [9.17, 15) is 9.59 Å². The summed E-state index contributed by atoms with van der Waals surface area (Å²) >= 11 is 1.52. The van der Waals surface area contributed by atoms with Gasteiger partial charge in [0, 0.05) is 24.4 Å². The Labute approximate surface area is 135 Å². The second kappa shape index (κ2) is 5.47. The van der Waals surface area contributed by atoms with E-state index in [0.29, 0.717) is 25.9 Å². The molecule has 0 saturated carbocycles. The molecule has 1 aromatic rings. The average molecular weight is 316 g/mol. The number of thioether (sulfide) groups is 1. The van der Waals surface area contributed by atoms with E-state index in [-0.39, 0.29) is 11.8 Å². The van der Waals surface area contributed by atoms with Gasteiger partial charge in [-0.2, -0.15) is 0 Å². The molecule has 1 fully saturated rings. The molecule has 0 spiro atoms. The lowest BCUT2D eigenvalue weighted by Gasteiger charge is -2.35. The topological polar surface area (TPSA) is 40.6 Å². The van der Waals surface area contributed by atoms with Gasteiger partial charge in [-0.25, -0.2) is 0 Å². The van der Waals surface area contributed by atoms with Gasteiger partial charge in [0.1, 0.15) is 0 Å². The van der Waals surface area contributed by atoms with E-state index in [1.807, 2.05) is 38.1 Å². The number of rotatable bonds is 4. The summed E-state index contributed by atoms with van der Waals surface area (Å²) in [5.41, 5.74) is 1.82. The first kappa shape index (κ1) is 15.2. The number of hydrogen-bond acceptors (Lipinski definition) is 3. The van der Waals surface area contributed by atoms with Crippen molar-refractivity contribution in [1.82, 2.24) is 4.90 Å². The van der Waals surface area contributed by atoms with Gasteiger partial charge in [-0.15, -0.1) is 0 Å². The van der Waals surface area contributed by atoms with Gasteiger partial charge in [0.05, 0.1) is 5.69 Å². The maximum absolute atomic E-state index is 13.2. The lowest BCUT2D eigenvalue weighted by atomic mass is 10.1. The minimum absolute atomic E-state index is 0.0186. The van der Waals surface area contributed by atoms with Crippen LogP contribution in [0.2, 0.25) is 0 Å². The first-order valence-electron chi connectivity index (χ1n) is 7.54. The Kier molecular flexibility index (Phi) is 3.77. The molecular weight excluding hydrogens is 296 g/mol. The molecule has 1 atom stereocenters. The summed E-state index contributed by atoms with van der Waals surface area (Å²) in [5.74, 6) is 0.0576. The van der Waals surface area contributed by atoms with E-state index in [4.69, 9.17) is 0 Å². The molecule has 1 saturated heterocycles. The van der Waals surface area contributed by atoms with Crippen molar-refractivity contribution in [2.24, 2.45) is 0 Å². The normalized spacial score (nSPS) is 22.5. The number of carbonyl (C=O) groups excluding carboxylic acids is 2. The predicted molar refractivity (Wildman–Crippen MR) is 88.8 cm³/mol. The second-order valence-corrected chi connectivity index (χ2v) is 7.18. The van der Waals surface area contributed by atoms with Gasteiger partial charge in [0.15, 0.2) is 4.87 Å². The van der Waals surface area contributed by atoms with Crippen LogP contribution in [0.5, 0.6) is 0 Å². The number of anilines is 1. The number of carbonyl (C=O) groups is 2. The van der Waals surface area contributed by atoms with Crippen molar-refractivity contribution in [3.63, 3.8) is 0 Å². The van der Waals surface area contributed by atoms with Crippen LogP contribution in [0, 0.1) is 0 Å². The summed E-state index contributed by atoms with van der Waals surface area (Å²) in [6, 6.07) is 7.77. The molecule has 2 heterocycles. The lowest BCUT2D eigenvalue weighted by Crippen LogP contribution is -2.54. The molecule has 1 unspecified atom stereocenters. The fourth-order valence-electron chi connectivity index (χ4n) is 3.18. The van der Waals surface area contributed by atoms with E-state index in [0.717, 1.165) is 16.2 Å². The van der Waals surface area contributed by atoms with Gasteiger partial charge >= 0.3 is 0 Å². The fraction of sp³-hybridized carbons (Fsp3) is 0.412. The highest BCUT2D eigenvalue weighted by atomic mass is 32.2. The average Bonchev–Trinajstić information content (AvgIpc) is 3.00. The third kappa shape index (κ3) is 2.15. The summed E-state index contributed by atoms with van der Waals surface area (Å²) in [7, 11) is 0. The molecule has 0 aromatic heterocycles. The maximum atomic E-state index is 13.2.